The zero-order valence-electron chi connectivity index (χ0n) is 10.3. The summed E-state index contributed by atoms with van der Waals surface area (Å²) in [5.74, 6) is -1.40. The van der Waals surface area contributed by atoms with Crippen molar-refractivity contribution >= 4 is 17.9 Å². The first-order valence-corrected chi connectivity index (χ1v) is 5.76. The van der Waals surface area contributed by atoms with Gasteiger partial charge in [0.15, 0.2) is 5.78 Å². The lowest BCUT2D eigenvalue weighted by Crippen LogP contribution is -1.88. The molecule has 0 unspecified atom stereocenters. The van der Waals surface area contributed by atoms with E-state index in [-0.39, 0.29) is 16.9 Å². The molecule has 2 rings (SSSR count). The molecular formula is C15H10F2N2O. The van der Waals surface area contributed by atoms with Crippen LogP contribution >= 0.6 is 0 Å². The van der Waals surface area contributed by atoms with E-state index in [4.69, 9.17) is 0 Å². The van der Waals surface area contributed by atoms with E-state index in [0.717, 1.165) is 12.4 Å². The number of hydrogen-bond acceptors (Lipinski definition) is 3. The molecule has 0 bridgehead atoms. The highest BCUT2D eigenvalue weighted by Gasteiger charge is 1.99. The van der Waals surface area contributed by atoms with Crippen molar-refractivity contribution in [3.63, 3.8) is 0 Å². The first-order chi connectivity index (χ1) is 9.66. The predicted octanol–water partition coefficient (Wildman–Crippen LogP) is 3.05. The normalized spacial score (nSPS) is 11.3. The molecule has 0 saturated heterocycles. The second-order valence-electron chi connectivity index (χ2n) is 3.86. The van der Waals surface area contributed by atoms with Gasteiger partial charge in [-0.3, -0.25) is 14.8 Å². The minimum Gasteiger partial charge on any atom is -0.290 e. The summed E-state index contributed by atoms with van der Waals surface area (Å²) in [4.78, 5) is 18.8. The molecule has 2 aromatic heterocycles. The van der Waals surface area contributed by atoms with Crippen LogP contribution in [0.3, 0.4) is 0 Å². The maximum atomic E-state index is 13.2. The standard InChI is InChI=1S/C15H10F2N2O/c16-14-9-18-7-5-11(14)1-3-13(20)4-2-12-6-8-19-10-15(12)17/h1-10H/b3-1+,4-2+. The summed E-state index contributed by atoms with van der Waals surface area (Å²) < 4.78 is 26.5. The zero-order chi connectivity index (χ0) is 14.4. The molecule has 100 valence electrons. The Labute approximate surface area is 114 Å². The number of rotatable bonds is 4. The van der Waals surface area contributed by atoms with Crippen molar-refractivity contribution in [3.8, 4) is 0 Å². The number of aromatic nitrogens is 2. The topological polar surface area (TPSA) is 42.9 Å². The molecule has 2 heterocycles. The van der Waals surface area contributed by atoms with Gasteiger partial charge in [0.05, 0.1) is 12.4 Å². The lowest BCUT2D eigenvalue weighted by Gasteiger charge is -1.94. The average Bonchev–Trinajstić information content (AvgIpc) is 2.45. The van der Waals surface area contributed by atoms with E-state index in [0.29, 0.717) is 0 Å². The minimum absolute atomic E-state index is 0.261. The van der Waals surface area contributed by atoms with Gasteiger partial charge in [-0.2, -0.15) is 0 Å². The molecule has 0 aromatic carbocycles. The number of hydrogen-bond donors (Lipinski definition) is 0. The van der Waals surface area contributed by atoms with E-state index in [9.17, 15) is 13.6 Å². The fourth-order valence-electron chi connectivity index (χ4n) is 1.44. The van der Waals surface area contributed by atoms with Crippen LogP contribution in [-0.4, -0.2) is 15.8 Å². The summed E-state index contributed by atoms with van der Waals surface area (Å²) in [6, 6.07) is 2.90. The summed E-state index contributed by atoms with van der Waals surface area (Å²) >= 11 is 0. The van der Waals surface area contributed by atoms with E-state index in [2.05, 4.69) is 9.97 Å². The smallest absolute Gasteiger partial charge is 0.178 e. The summed E-state index contributed by atoms with van der Waals surface area (Å²) in [5.41, 5.74) is 0.522. The van der Waals surface area contributed by atoms with Gasteiger partial charge in [0.1, 0.15) is 11.6 Å². The lowest BCUT2D eigenvalue weighted by molar-refractivity contribution is -0.110. The highest BCUT2D eigenvalue weighted by Crippen LogP contribution is 2.08. The van der Waals surface area contributed by atoms with Crippen LogP contribution in [-0.2, 0) is 4.79 Å². The largest absolute Gasteiger partial charge is 0.290 e. The van der Waals surface area contributed by atoms with Crippen LogP contribution < -0.4 is 0 Å². The predicted molar refractivity (Wildman–Crippen MR) is 71.5 cm³/mol. The Bertz CT molecular complexity index is 624. The number of nitrogens with zero attached hydrogens (tertiary/aromatic N) is 2. The molecule has 5 heteroatoms. The Kier molecular flexibility index (Phi) is 4.44. The molecule has 0 aliphatic carbocycles. The number of ketones is 1. The zero-order valence-corrected chi connectivity index (χ0v) is 10.3. The van der Waals surface area contributed by atoms with Gasteiger partial charge in [0.2, 0.25) is 0 Å². The van der Waals surface area contributed by atoms with Crippen molar-refractivity contribution in [1.82, 2.24) is 9.97 Å². The first-order valence-electron chi connectivity index (χ1n) is 5.76. The molecule has 0 aliphatic rings. The van der Waals surface area contributed by atoms with Gasteiger partial charge < -0.3 is 0 Å². The van der Waals surface area contributed by atoms with Gasteiger partial charge in [-0.15, -0.1) is 0 Å². The molecule has 0 aliphatic heterocycles. The average molecular weight is 272 g/mol. The maximum Gasteiger partial charge on any atom is 0.178 e. The van der Waals surface area contributed by atoms with E-state index >= 15 is 0 Å². The third-order valence-corrected chi connectivity index (χ3v) is 2.46. The van der Waals surface area contributed by atoms with Gasteiger partial charge in [0, 0.05) is 23.5 Å². The molecule has 3 nitrogen and oxygen atoms in total. The van der Waals surface area contributed by atoms with Crippen LogP contribution in [0.25, 0.3) is 12.2 Å². The second kappa shape index (κ2) is 6.47. The Morgan fingerprint density at radius 3 is 1.75 bits per heavy atom. The summed E-state index contributed by atoms with van der Waals surface area (Å²) in [6.07, 6.45) is 10.1. The molecule has 0 N–H and O–H groups in total. The van der Waals surface area contributed by atoms with E-state index in [1.165, 1.54) is 48.8 Å². The van der Waals surface area contributed by atoms with Gasteiger partial charge in [-0.05, 0) is 36.4 Å². The molecular weight excluding hydrogens is 262 g/mol. The monoisotopic (exact) mass is 272 g/mol. The Hall–Kier alpha value is -2.69. The van der Waals surface area contributed by atoms with Crippen molar-refractivity contribution < 1.29 is 13.6 Å². The summed E-state index contributed by atoms with van der Waals surface area (Å²) in [5, 5.41) is 0. The molecule has 0 atom stereocenters. The Balaban J connectivity index is 2.07. The fourth-order valence-corrected chi connectivity index (χ4v) is 1.44. The van der Waals surface area contributed by atoms with Crippen molar-refractivity contribution in [1.29, 1.82) is 0 Å². The minimum atomic E-state index is -0.513. The van der Waals surface area contributed by atoms with Gasteiger partial charge >= 0.3 is 0 Å². The molecule has 0 spiro atoms. The van der Waals surface area contributed by atoms with Crippen LogP contribution in [0.5, 0.6) is 0 Å². The van der Waals surface area contributed by atoms with Crippen LogP contribution in [0.4, 0.5) is 8.78 Å². The lowest BCUT2D eigenvalue weighted by atomic mass is 10.2. The molecule has 0 radical (unpaired) electrons. The van der Waals surface area contributed by atoms with Crippen LogP contribution in [0, 0.1) is 11.6 Å². The van der Waals surface area contributed by atoms with Crippen molar-refractivity contribution in [3.05, 3.63) is 71.8 Å². The second-order valence-corrected chi connectivity index (χ2v) is 3.86. The van der Waals surface area contributed by atoms with Gasteiger partial charge in [-0.1, -0.05) is 0 Å². The van der Waals surface area contributed by atoms with Crippen molar-refractivity contribution in [2.75, 3.05) is 0 Å². The number of pyridine rings is 2. The summed E-state index contributed by atoms with van der Waals surface area (Å²) in [6.45, 7) is 0. The number of allylic oxidation sites excluding steroid dienone is 2. The fraction of sp³-hybridized carbons (Fsp3) is 0. The third kappa shape index (κ3) is 3.65. The molecule has 0 saturated carbocycles. The number of carbonyl (C=O) groups is 1. The molecule has 20 heavy (non-hydrogen) atoms. The Morgan fingerprint density at radius 1 is 0.900 bits per heavy atom. The molecule has 0 fully saturated rings. The first kappa shape index (κ1) is 13.7. The van der Waals surface area contributed by atoms with E-state index in [1.807, 2.05) is 0 Å². The van der Waals surface area contributed by atoms with Crippen LogP contribution in [0.2, 0.25) is 0 Å². The van der Waals surface area contributed by atoms with E-state index in [1.54, 1.807) is 0 Å². The van der Waals surface area contributed by atoms with Gasteiger partial charge in [0.25, 0.3) is 0 Å². The van der Waals surface area contributed by atoms with Crippen molar-refractivity contribution in [2.24, 2.45) is 0 Å². The maximum absolute atomic E-state index is 13.2. The SMILES string of the molecule is O=C(/C=C/c1ccncc1F)/C=C/c1ccncc1F. The summed E-state index contributed by atoms with van der Waals surface area (Å²) in [7, 11) is 0. The number of carbonyl (C=O) groups excluding carboxylic acids is 1. The molecule has 2 aromatic rings. The highest BCUT2D eigenvalue weighted by atomic mass is 19.1. The number of halogens is 2. The third-order valence-electron chi connectivity index (χ3n) is 2.46. The highest BCUT2D eigenvalue weighted by molar-refractivity contribution is 6.04. The quantitative estimate of drug-likeness (QED) is 0.803. The molecule has 0 amide bonds. The Morgan fingerprint density at radius 2 is 1.35 bits per heavy atom. The van der Waals surface area contributed by atoms with E-state index < -0.39 is 11.6 Å². The van der Waals surface area contributed by atoms with Crippen molar-refractivity contribution in [2.45, 2.75) is 0 Å². The van der Waals surface area contributed by atoms with Crippen LogP contribution in [0.1, 0.15) is 11.1 Å². The van der Waals surface area contributed by atoms with Crippen LogP contribution in [0.15, 0.2) is 49.1 Å². The van der Waals surface area contributed by atoms with Gasteiger partial charge in [-0.25, -0.2) is 8.78 Å².